The van der Waals surface area contributed by atoms with E-state index in [1.807, 2.05) is 13.8 Å². The highest BCUT2D eigenvalue weighted by atomic mass is 16.6. The Morgan fingerprint density at radius 1 is 0.433 bits per heavy atom. The van der Waals surface area contributed by atoms with Crippen molar-refractivity contribution in [3.8, 4) is 0 Å². The first-order valence-electron chi connectivity index (χ1n) is 11.3. The molecule has 182 valence electrons. The van der Waals surface area contributed by atoms with Gasteiger partial charge in [-0.05, 0) is 19.8 Å². The lowest BCUT2D eigenvalue weighted by Gasteiger charge is -2.10. The number of ether oxygens (including phenoxy) is 8. The van der Waals surface area contributed by atoms with E-state index in [0.29, 0.717) is 98.4 Å². The fourth-order valence-electron chi connectivity index (χ4n) is 2.06. The largest absolute Gasteiger partial charge is 0.379 e. The highest BCUT2D eigenvalue weighted by Crippen LogP contribution is 1.99. The molecule has 0 bridgehead atoms. The average molecular weight is 439 g/mol. The first kappa shape index (κ1) is 29.7. The molecule has 0 radical (unpaired) electrons. The van der Waals surface area contributed by atoms with Gasteiger partial charge in [-0.3, -0.25) is 0 Å². The normalized spacial score (nSPS) is 12.7. The molecule has 1 atom stereocenters. The number of hydrogen-bond donors (Lipinski definition) is 0. The zero-order valence-electron chi connectivity index (χ0n) is 19.7. The van der Waals surface area contributed by atoms with E-state index in [4.69, 9.17) is 37.9 Å². The molecule has 0 rings (SSSR count). The van der Waals surface area contributed by atoms with Gasteiger partial charge < -0.3 is 37.9 Å². The molecule has 0 aromatic carbocycles. The summed E-state index contributed by atoms with van der Waals surface area (Å²) in [5.74, 6) is 0.609. The summed E-state index contributed by atoms with van der Waals surface area (Å²) >= 11 is 0. The molecule has 0 amide bonds. The third-order valence-electron chi connectivity index (χ3n) is 4.01. The maximum atomic E-state index is 5.51. The van der Waals surface area contributed by atoms with Gasteiger partial charge in [0, 0.05) is 6.61 Å². The van der Waals surface area contributed by atoms with Gasteiger partial charge >= 0.3 is 0 Å². The molecule has 0 aromatic heterocycles. The van der Waals surface area contributed by atoms with Crippen LogP contribution in [0.2, 0.25) is 0 Å². The summed E-state index contributed by atoms with van der Waals surface area (Å²) in [6.07, 6.45) is 1.39. The molecule has 0 aliphatic carbocycles. The maximum Gasteiger partial charge on any atom is 0.0703 e. The molecule has 0 N–H and O–H groups in total. The van der Waals surface area contributed by atoms with Crippen molar-refractivity contribution in [1.82, 2.24) is 0 Å². The second-order valence-electron chi connectivity index (χ2n) is 7.18. The fourth-order valence-corrected chi connectivity index (χ4v) is 2.06. The third kappa shape index (κ3) is 25.7. The summed E-state index contributed by atoms with van der Waals surface area (Å²) in [6, 6.07) is 0. The molecule has 0 spiro atoms. The predicted molar refractivity (Wildman–Crippen MR) is 116 cm³/mol. The summed E-state index contributed by atoms with van der Waals surface area (Å²) in [5, 5.41) is 0. The molecule has 0 saturated carbocycles. The molecule has 30 heavy (non-hydrogen) atoms. The third-order valence-corrected chi connectivity index (χ3v) is 4.01. The van der Waals surface area contributed by atoms with Crippen molar-refractivity contribution in [3.63, 3.8) is 0 Å². The zero-order chi connectivity index (χ0) is 22.1. The lowest BCUT2D eigenvalue weighted by molar-refractivity contribution is -0.0260. The van der Waals surface area contributed by atoms with Crippen LogP contribution in [0.5, 0.6) is 0 Å². The topological polar surface area (TPSA) is 73.8 Å². The highest BCUT2D eigenvalue weighted by molar-refractivity contribution is 4.46. The van der Waals surface area contributed by atoms with Crippen LogP contribution < -0.4 is 0 Å². The molecule has 8 nitrogen and oxygen atoms in total. The van der Waals surface area contributed by atoms with Crippen LogP contribution >= 0.6 is 0 Å². The highest BCUT2D eigenvalue weighted by Gasteiger charge is 1.98. The smallest absolute Gasteiger partial charge is 0.0703 e. The second-order valence-corrected chi connectivity index (χ2v) is 7.18. The molecule has 8 heteroatoms. The average Bonchev–Trinajstić information content (AvgIpc) is 2.73. The Morgan fingerprint density at radius 2 is 0.733 bits per heavy atom. The van der Waals surface area contributed by atoms with Gasteiger partial charge in [0.25, 0.3) is 0 Å². The lowest BCUT2D eigenvalue weighted by atomic mass is 10.1. The van der Waals surface area contributed by atoms with Gasteiger partial charge in [0.15, 0.2) is 0 Å². The van der Waals surface area contributed by atoms with E-state index in [9.17, 15) is 0 Å². The summed E-state index contributed by atoms with van der Waals surface area (Å²) in [6.45, 7) is 17.2. The Kier molecular flexibility index (Phi) is 24.7. The quantitative estimate of drug-likeness (QED) is 0.201. The Hall–Kier alpha value is -0.320. The summed E-state index contributed by atoms with van der Waals surface area (Å²) in [4.78, 5) is 0. The molecule has 0 heterocycles. The standard InChI is InChI=1S/C22H46O8/c1-5-22(4)20-29-17-16-27-13-12-25-9-8-23-6-7-24-10-11-26-14-15-28-18-19-30-21(2)3/h21-22H,5-20H2,1-4H3. The van der Waals surface area contributed by atoms with Gasteiger partial charge in [0.05, 0.1) is 98.6 Å². The summed E-state index contributed by atoms with van der Waals surface area (Å²) in [7, 11) is 0. The molecule has 0 saturated heterocycles. The lowest BCUT2D eigenvalue weighted by Crippen LogP contribution is -2.15. The van der Waals surface area contributed by atoms with E-state index >= 15 is 0 Å². The van der Waals surface area contributed by atoms with Crippen LogP contribution in [0.1, 0.15) is 34.1 Å². The van der Waals surface area contributed by atoms with Crippen molar-refractivity contribution in [2.75, 3.05) is 99.1 Å². The van der Waals surface area contributed by atoms with E-state index in [2.05, 4.69) is 13.8 Å². The molecule has 0 aliphatic rings. The molecule has 0 aliphatic heterocycles. The Bertz CT molecular complexity index is 318. The van der Waals surface area contributed by atoms with Crippen LogP contribution in [0.25, 0.3) is 0 Å². The molecule has 1 unspecified atom stereocenters. The second kappa shape index (κ2) is 24.9. The van der Waals surface area contributed by atoms with Crippen LogP contribution in [0, 0.1) is 5.92 Å². The molecule has 0 aromatic rings. The minimum atomic E-state index is 0.243. The van der Waals surface area contributed by atoms with E-state index in [0.717, 1.165) is 13.0 Å². The van der Waals surface area contributed by atoms with Crippen LogP contribution in [-0.2, 0) is 37.9 Å². The maximum absolute atomic E-state index is 5.51. The van der Waals surface area contributed by atoms with Gasteiger partial charge in [-0.25, -0.2) is 0 Å². The predicted octanol–water partition coefficient (Wildman–Crippen LogP) is 2.57. The van der Waals surface area contributed by atoms with Crippen LogP contribution in [0.3, 0.4) is 0 Å². The van der Waals surface area contributed by atoms with Crippen molar-refractivity contribution >= 4 is 0 Å². The first-order valence-corrected chi connectivity index (χ1v) is 11.3. The van der Waals surface area contributed by atoms with Crippen molar-refractivity contribution in [2.24, 2.45) is 5.92 Å². The molecular weight excluding hydrogens is 392 g/mol. The van der Waals surface area contributed by atoms with Gasteiger partial charge in [-0.1, -0.05) is 20.3 Å². The van der Waals surface area contributed by atoms with E-state index in [-0.39, 0.29) is 6.10 Å². The van der Waals surface area contributed by atoms with Crippen LogP contribution in [-0.4, -0.2) is 105 Å². The number of rotatable bonds is 25. The minimum absolute atomic E-state index is 0.243. The summed E-state index contributed by atoms with van der Waals surface area (Å²) in [5.41, 5.74) is 0. The van der Waals surface area contributed by atoms with Crippen LogP contribution in [0.4, 0.5) is 0 Å². The van der Waals surface area contributed by atoms with Gasteiger partial charge in [-0.15, -0.1) is 0 Å². The van der Waals surface area contributed by atoms with Gasteiger partial charge in [0.2, 0.25) is 0 Å². The zero-order valence-corrected chi connectivity index (χ0v) is 19.7. The van der Waals surface area contributed by atoms with Crippen LogP contribution in [0.15, 0.2) is 0 Å². The monoisotopic (exact) mass is 438 g/mol. The molecular formula is C22H46O8. The minimum Gasteiger partial charge on any atom is -0.379 e. The Balaban J connectivity index is 3.02. The SMILES string of the molecule is CCC(C)COCCOCCOCCOCCOCCOCCOCCOC(C)C. The fraction of sp³-hybridized carbons (Fsp3) is 1.00. The molecule has 0 fully saturated rings. The van der Waals surface area contributed by atoms with Crippen molar-refractivity contribution in [3.05, 3.63) is 0 Å². The van der Waals surface area contributed by atoms with Crippen molar-refractivity contribution in [2.45, 2.75) is 40.2 Å². The van der Waals surface area contributed by atoms with Gasteiger partial charge in [-0.2, -0.15) is 0 Å². The van der Waals surface area contributed by atoms with E-state index < -0.39 is 0 Å². The number of hydrogen-bond acceptors (Lipinski definition) is 8. The van der Waals surface area contributed by atoms with Gasteiger partial charge in [0.1, 0.15) is 0 Å². The Labute approximate surface area is 183 Å². The Morgan fingerprint density at radius 3 is 1.03 bits per heavy atom. The van der Waals surface area contributed by atoms with Crippen molar-refractivity contribution < 1.29 is 37.9 Å². The van der Waals surface area contributed by atoms with E-state index in [1.165, 1.54) is 0 Å². The summed E-state index contributed by atoms with van der Waals surface area (Å²) < 4.78 is 43.5. The van der Waals surface area contributed by atoms with Crippen molar-refractivity contribution in [1.29, 1.82) is 0 Å². The van der Waals surface area contributed by atoms with E-state index in [1.54, 1.807) is 0 Å². The first-order chi connectivity index (χ1) is 14.7.